The Balaban J connectivity index is 1.75. The summed E-state index contributed by atoms with van der Waals surface area (Å²) >= 11 is 0. The van der Waals surface area contributed by atoms with Gasteiger partial charge in [-0.3, -0.25) is 9.69 Å². The first-order chi connectivity index (χ1) is 13.3. The Morgan fingerprint density at radius 2 is 2.11 bits per heavy atom. The van der Waals surface area contributed by atoms with Crippen molar-refractivity contribution in [2.24, 2.45) is 0 Å². The number of benzene rings is 1. The van der Waals surface area contributed by atoms with Crippen LogP contribution < -0.4 is 9.64 Å². The molecule has 0 radical (unpaired) electrons. The van der Waals surface area contributed by atoms with Gasteiger partial charge in [-0.05, 0) is 24.1 Å². The van der Waals surface area contributed by atoms with Crippen molar-refractivity contribution in [2.75, 3.05) is 25.1 Å². The van der Waals surface area contributed by atoms with Crippen LogP contribution in [0.3, 0.4) is 0 Å². The van der Waals surface area contributed by atoms with Crippen molar-refractivity contribution in [2.45, 2.75) is 39.2 Å². The van der Waals surface area contributed by atoms with Crippen LogP contribution in [0.4, 0.5) is 18.9 Å². The van der Waals surface area contributed by atoms with Gasteiger partial charge >= 0.3 is 6.18 Å². The quantitative estimate of drug-likeness (QED) is 0.673. The lowest BCUT2D eigenvalue weighted by molar-refractivity contribution is -0.145. The zero-order valence-corrected chi connectivity index (χ0v) is 15.7. The van der Waals surface area contributed by atoms with Crippen molar-refractivity contribution >= 4 is 12.1 Å². The van der Waals surface area contributed by atoms with Crippen LogP contribution >= 0.6 is 0 Å². The standard InChI is InChI=1S/C18H22F3N5O2/c1-3-8-28-15-9-13(4-5-14(15)24(2)12-27)10-25-6-7-26-16(11-25)22-17(23-26)18(19,20)21/h4-5,9,12H,3,6-8,10-11H2,1-2H3. The zero-order valence-electron chi connectivity index (χ0n) is 15.7. The number of nitrogens with zero attached hydrogens (tertiary/aromatic N) is 5. The van der Waals surface area contributed by atoms with Crippen LogP contribution in [0.25, 0.3) is 0 Å². The number of ether oxygens (including phenoxy) is 1. The molecule has 0 bridgehead atoms. The molecule has 152 valence electrons. The molecule has 1 aliphatic rings. The molecule has 0 aliphatic carbocycles. The van der Waals surface area contributed by atoms with Gasteiger partial charge in [0, 0.05) is 20.1 Å². The molecule has 0 spiro atoms. The largest absolute Gasteiger partial charge is 0.491 e. The molecule has 1 amide bonds. The number of amides is 1. The molecule has 1 aromatic heterocycles. The fourth-order valence-electron chi connectivity index (χ4n) is 3.03. The highest BCUT2D eigenvalue weighted by molar-refractivity contribution is 5.78. The SMILES string of the molecule is CCCOc1cc(CN2CCn3nc(C(F)(F)F)nc3C2)ccc1N(C)C=O. The lowest BCUT2D eigenvalue weighted by atomic mass is 10.1. The van der Waals surface area contributed by atoms with Gasteiger partial charge in [-0.25, -0.2) is 9.67 Å². The van der Waals surface area contributed by atoms with E-state index < -0.39 is 12.0 Å². The Kier molecular flexibility index (Phi) is 5.87. The molecule has 28 heavy (non-hydrogen) atoms. The predicted octanol–water partition coefficient (Wildman–Crippen LogP) is 2.69. The average molecular weight is 397 g/mol. The van der Waals surface area contributed by atoms with E-state index in [-0.39, 0.29) is 6.54 Å². The number of hydrogen-bond acceptors (Lipinski definition) is 5. The van der Waals surface area contributed by atoms with Crippen molar-refractivity contribution in [3.05, 3.63) is 35.4 Å². The fraction of sp³-hybridized carbons (Fsp3) is 0.500. The summed E-state index contributed by atoms with van der Waals surface area (Å²) in [5.74, 6) is -0.187. The number of rotatable bonds is 7. The van der Waals surface area contributed by atoms with Crippen molar-refractivity contribution in [3.8, 4) is 5.75 Å². The lowest BCUT2D eigenvalue weighted by Crippen LogP contribution is -2.33. The molecule has 3 rings (SSSR count). The molecule has 0 fully saturated rings. The van der Waals surface area contributed by atoms with Crippen LogP contribution in [0.1, 0.15) is 30.6 Å². The highest BCUT2D eigenvalue weighted by Gasteiger charge is 2.37. The van der Waals surface area contributed by atoms with E-state index in [0.717, 1.165) is 12.0 Å². The number of aromatic nitrogens is 3. The van der Waals surface area contributed by atoms with Crippen LogP contribution in [0, 0.1) is 0 Å². The van der Waals surface area contributed by atoms with E-state index >= 15 is 0 Å². The van der Waals surface area contributed by atoms with Gasteiger partial charge in [0.15, 0.2) is 0 Å². The average Bonchev–Trinajstić information content (AvgIpc) is 3.10. The highest BCUT2D eigenvalue weighted by Crippen LogP contribution is 2.30. The Hall–Kier alpha value is -2.62. The minimum absolute atomic E-state index is 0.282. The van der Waals surface area contributed by atoms with E-state index in [2.05, 4.69) is 10.1 Å². The topological polar surface area (TPSA) is 63.5 Å². The molecule has 0 N–H and O–H groups in total. The summed E-state index contributed by atoms with van der Waals surface area (Å²) in [6.45, 7) is 4.24. The monoisotopic (exact) mass is 397 g/mol. The maximum Gasteiger partial charge on any atom is 0.453 e. The van der Waals surface area contributed by atoms with Gasteiger partial charge in [-0.1, -0.05) is 13.0 Å². The second-order valence-corrected chi connectivity index (χ2v) is 6.65. The number of hydrogen-bond donors (Lipinski definition) is 0. The maximum atomic E-state index is 12.8. The molecule has 0 saturated heterocycles. The summed E-state index contributed by atoms with van der Waals surface area (Å²) in [5.41, 5.74) is 1.61. The summed E-state index contributed by atoms with van der Waals surface area (Å²) in [6, 6.07) is 5.56. The molecule has 2 heterocycles. The van der Waals surface area contributed by atoms with E-state index in [1.54, 1.807) is 7.05 Å². The van der Waals surface area contributed by atoms with E-state index in [1.165, 1.54) is 9.58 Å². The van der Waals surface area contributed by atoms with Crippen molar-refractivity contribution in [1.82, 2.24) is 19.7 Å². The maximum absolute atomic E-state index is 12.8. The third kappa shape index (κ3) is 4.44. The minimum Gasteiger partial charge on any atom is -0.491 e. The number of carbonyl (C=O) groups excluding carboxylic acids is 1. The molecule has 0 unspecified atom stereocenters. The number of anilines is 1. The summed E-state index contributed by atoms with van der Waals surface area (Å²) in [7, 11) is 1.65. The molecule has 1 aromatic carbocycles. The first-order valence-corrected chi connectivity index (χ1v) is 8.99. The molecule has 0 atom stereocenters. The second-order valence-electron chi connectivity index (χ2n) is 6.65. The molecule has 7 nitrogen and oxygen atoms in total. The Bertz CT molecular complexity index is 837. The smallest absolute Gasteiger partial charge is 0.453 e. The molecule has 1 aliphatic heterocycles. The first-order valence-electron chi connectivity index (χ1n) is 8.99. The van der Waals surface area contributed by atoms with Gasteiger partial charge in [0.05, 0.1) is 25.4 Å². The molecular weight excluding hydrogens is 375 g/mol. The fourth-order valence-corrected chi connectivity index (χ4v) is 3.03. The normalized spacial score (nSPS) is 14.6. The second kappa shape index (κ2) is 8.17. The Labute approximate surface area is 160 Å². The molecule has 0 saturated carbocycles. The van der Waals surface area contributed by atoms with Crippen LogP contribution in [0.5, 0.6) is 5.75 Å². The minimum atomic E-state index is -4.54. The molecule has 10 heteroatoms. The number of fused-ring (bicyclic) bond motifs is 1. The van der Waals surface area contributed by atoms with Gasteiger partial charge in [0.25, 0.3) is 5.82 Å². The van der Waals surface area contributed by atoms with Gasteiger partial charge in [-0.2, -0.15) is 13.2 Å². The summed E-state index contributed by atoms with van der Waals surface area (Å²) in [4.78, 5) is 18.2. The summed E-state index contributed by atoms with van der Waals surface area (Å²) in [5, 5.41) is 3.55. The van der Waals surface area contributed by atoms with Crippen molar-refractivity contribution < 1.29 is 22.7 Å². The van der Waals surface area contributed by atoms with E-state index in [1.807, 2.05) is 30.0 Å². The van der Waals surface area contributed by atoms with Crippen LogP contribution in [0.2, 0.25) is 0 Å². The number of alkyl halides is 3. The van der Waals surface area contributed by atoms with E-state index in [0.29, 0.717) is 49.9 Å². The van der Waals surface area contributed by atoms with Gasteiger partial charge in [0.2, 0.25) is 6.41 Å². The number of carbonyl (C=O) groups is 1. The van der Waals surface area contributed by atoms with Gasteiger partial charge in [0.1, 0.15) is 11.6 Å². The predicted molar refractivity (Wildman–Crippen MR) is 95.8 cm³/mol. The van der Waals surface area contributed by atoms with Crippen LogP contribution in [-0.4, -0.2) is 46.3 Å². The first kappa shape index (κ1) is 20.1. The highest BCUT2D eigenvalue weighted by atomic mass is 19.4. The van der Waals surface area contributed by atoms with Gasteiger partial charge in [-0.15, -0.1) is 5.10 Å². The van der Waals surface area contributed by atoms with Gasteiger partial charge < -0.3 is 9.64 Å². The molecular formula is C18H22F3N5O2. The number of halogens is 3. The summed E-state index contributed by atoms with van der Waals surface area (Å²) < 4.78 is 45.5. The third-order valence-electron chi connectivity index (χ3n) is 4.43. The zero-order chi connectivity index (χ0) is 20.3. The van der Waals surface area contributed by atoms with Crippen LogP contribution in [0.15, 0.2) is 18.2 Å². The Morgan fingerprint density at radius 1 is 1.32 bits per heavy atom. The summed E-state index contributed by atoms with van der Waals surface area (Å²) in [6.07, 6.45) is -3.00. The van der Waals surface area contributed by atoms with E-state index in [9.17, 15) is 18.0 Å². The third-order valence-corrected chi connectivity index (χ3v) is 4.43. The van der Waals surface area contributed by atoms with Crippen molar-refractivity contribution in [3.63, 3.8) is 0 Å². The molecule has 2 aromatic rings. The lowest BCUT2D eigenvalue weighted by Gasteiger charge is -2.27. The van der Waals surface area contributed by atoms with Crippen molar-refractivity contribution in [1.29, 1.82) is 0 Å². The Morgan fingerprint density at radius 3 is 2.79 bits per heavy atom. The van der Waals surface area contributed by atoms with Crippen LogP contribution in [-0.2, 0) is 30.6 Å². The van der Waals surface area contributed by atoms with E-state index in [4.69, 9.17) is 4.74 Å².